The smallest absolute Gasteiger partial charge is 0.223 e. The molecule has 2 amide bonds. The highest BCUT2D eigenvalue weighted by Crippen LogP contribution is 2.32. The first-order valence-corrected chi connectivity index (χ1v) is 11.5. The predicted molar refractivity (Wildman–Crippen MR) is 120 cm³/mol. The summed E-state index contributed by atoms with van der Waals surface area (Å²) in [5.41, 5.74) is 3.31. The Kier molecular flexibility index (Phi) is 7.04. The van der Waals surface area contributed by atoms with Crippen LogP contribution in [-0.2, 0) is 22.6 Å². The van der Waals surface area contributed by atoms with E-state index in [-0.39, 0.29) is 30.7 Å². The first-order chi connectivity index (χ1) is 15.2. The Bertz CT molecular complexity index is 1010. The molecule has 1 atom stereocenters. The van der Waals surface area contributed by atoms with E-state index in [1.165, 1.54) is 16.9 Å². The van der Waals surface area contributed by atoms with Crippen LogP contribution in [0.1, 0.15) is 53.6 Å². The largest absolute Gasteiger partial charge is 0.350 e. The fourth-order valence-corrected chi connectivity index (χ4v) is 4.67. The van der Waals surface area contributed by atoms with Gasteiger partial charge >= 0.3 is 0 Å². The van der Waals surface area contributed by atoms with Crippen LogP contribution in [0.2, 0.25) is 0 Å². The Hall–Kier alpha value is -3.06. The highest BCUT2D eigenvalue weighted by molar-refractivity contribution is 7.09. The number of hydrogen-bond donors (Lipinski definition) is 1. The number of rotatable bonds is 8. The van der Waals surface area contributed by atoms with Crippen LogP contribution in [0.5, 0.6) is 0 Å². The fraction of sp³-hybridized carbons (Fsp3) is 0.333. The van der Waals surface area contributed by atoms with Crippen molar-refractivity contribution in [2.75, 3.05) is 6.54 Å². The molecular formula is C24H26N4O2S. The highest BCUT2D eigenvalue weighted by atomic mass is 32.1. The van der Waals surface area contributed by atoms with E-state index in [0.29, 0.717) is 6.54 Å². The van der Waals surface area contributed by atoms with Gasteiger partial charge in [0.1, 0.15) is 5.01 Å². The van der Waals surface area contributed by atoms with E-state index in [0.717, 1.165) is 42.1 Å². The molecule has 160 valence electrons. The lowest BCUT2D eigenvalue weighted by Gasteiger charge is -2.25. The molecular weight excluding hydrogens is 408 g/mol. The quantitative estimate of drug-likeness (QED) is 0.584. The number of likely N-dealkylation sites (tertiary alicyclic amines) is 1. The van der Waals surface area contributed by atoms with E-state index < -0.39 is 0 Å². The maximum absolute atomic E-state index is 12.7. The average Bonchev–Trinajstić information content (AvgIpc) is 3.47. The third-order valence-electron chi connectivity index (χ3n) is 5.49. The van der Waals surface area contributed by atoms with Crippen molar-refractivity contribution < 1.29 is 9.59 Å². The molecule has 0 spiro atoms. The molecule has 0 aliphatic carbocycles. The van der Waals surface area contributed by atoms with E-state index in [1.807, 2.05) is 40.6 Å². The normalized spacial score (nSPS) is 15.7. The first-order valence-electron chi connectivity index (χ1n) is 10.6. The molecule has 6 nitrogen and oxygen atoms in total. The number of pyridine rings is 1. The predicted octanol–water partition coefficient (Wildman–Crippen LogP) is 3.89. The molecule has 1 unspecified atom stereocenters. The lowest BCUT2D eigenvalue weighted by Crippen LogP contribution is -2.32. The topological polar surface area (TPSA) is 75.2 Å². The summed E-state index contributed by atoms with van der Waals surface area (Å²) < 4.78 is 0. The number of amides is 2. The van der Waals surface area contributed by atoms with Crippen molar-refractivity contribution in [2.24, 2.45) is 0 Å². The second-order valence-electron chi connectivity index (χ2n) is 7.70. The Morgan fingerprint density at radius 1 is 1.10 bits per heavy atom. The van der Waals surface area contributed by atoms with Crippen LogP contribution in [0.15, 0.2) is 60.2 Å². The third kappa shape index (κ3) is 5.76. The Morgan fingerprint density at radius 2 is 1.90 bits per heavy atom. The van der Waals surface area contributed by atoms with Crippen LogP contribution < -0.4 is 5.32 Å². The van der Waals surface area contributed by atoms with Crippen molar-refractivity contribution in [3.05, 3.63) is 82.1 Å². The van der Waals surface area contributed by atoms with Gasteiger partial charge in [-0.15, -0.1) is 11.3 Å². The zero-order valence-electron chi connectivity index (χ0n) is 17.4. The number of carbonyl (C=O) groups excluding carboxylic acids is 2. The number of carbonyl (C=O) groups is 2. The molecule has 2 aromatic heterocycles. The third-order valence-corrected chi connectivity index (χ3v) is 6.39. The summed E-state index contributed by atoms with van der Waals surface area (Å²) in [6.07, 6.45) is 6.71. The minimum Gasteiger partial charge on any atom is -0.350 e. The Morgan fingerprint density at radius 3 is 2.71 bits per heavy atom. The summed E-state index contributed by atoms with van der Waals surface area (Å²) in [6, 6.07) is 14.2. The lowest BCUT2D eigenvalue weighted by molar-refractivity contribution is -0.134. The second kappa shape index (κ2) is 10.3. The standard InChI is InChI=1S/C24H26N4O2S/c29-22(26-16-23-27-20(17-31-23)15-18-10-12-25-13-11-18)8-9-24(30)28-14-4-7-21(28)19-5-2-1-3-6-19/h1-3,5-6,10-13,17,21H,4,7-9,14-16H2,(H,26,29). The highest BCUT2D eigenvalue weighted by Gasteiger charge is 2.29. The summed E-state index contributed by atoms with van der Waals surface area (Å²) in [6.45, 7) is 1.16. The number of hydrogen-bond acceptors (Lipinski definition) is 5. The SMILES string of the molecule is O=C(CCC(=O)N1CCCC1c1ccccc1)NCc1nc(Cc2ccncc2)cs1. The molecule has 1 aliphatic heterocycles. The van der Waals surface area contributed by atoms with Gasteiger partial charge in [-0.25, -0.2) is 4.98 Å². The van der Waals surface area contributed by atoms with Crippen molar-refractivity contribution >= 4 is 23.2 Å². The summed E-state index contributed by atoms with van der Waals surface area (Å²) in [5, 5.41) is 5.78. The zero-order valence-corrected chi connectivity index (χ0v) is 18.2. The molecule has 4 rings (SSSR count). The molecule has 31 heavy (non-hydrogen) atoms. The van der Waals surface area contributed by atoms with Crippen LogP contribution in [0.3, 0.4) is 0 Å². The summed E-state index contributed by atoms with van der Waals surface area (Å²) >= 11 is 1.54. The zero-order chi connectivity index (χ0) is 21.5. The van der Waals surface area contributed by atoms with Gasteiger partial charge in [-0.3, -0.25) is 14.6 Å². The number of thiazole rings is 1. The number of nitrogens with one attached hydrogen (secondary N) is 1. The van der Waals surface area contributed by atoms with Crippen molar-refractivity contribution in [3.63, 3.8) is 0 Å². The van der Waals surface area contributed by atoms with E-state index in [4.69, 9.17) is 0 Å². The molecule has 3 aromatic rings. The van der Waals surface area contributed by atoms with Gasteiger partial charge in [-0.2, -0.15) is 0 Å². The Labute approximate surface area is 186 Å². The van der Waals surface area contributed by atoms with Gasteiger partial charge in [0.25, 0.3) is 0 Å². The first kappa shape index (κ1) is 21.2. The minimum absolute atomic E-state index is 0.0513. The van der Waals surface area contributed by atoms with Crippen LogP contribution in [-0.4, -0.2) is 33.2 Å². The van der Waals surface area contributed by atoms with Gasteiger partial charge < -0.3 is 10.2 Å². The molecule has 0 bridgehead atoms. The number of aromatic nitrogens is 2. The molecule has 1 saturated heterocycles. The van der Waals surface area contributed by atoms with Gasteiger partial charge in [-0.1, -0.05) is 30.3 Å². The summed E-state index contributed by atoms with van der Waals surface area (Å²) in [5.74, 6) is -0.0647. The van der Waals surface area contributed by atoms with E-state index in [9.17, 15) is 9.59 Å². The van der Waals surface area contributed by atoms with Crippen LogP contribution in [0.4, 0.5) is 0 Å². The molecule has 1 fully saturated rings. The van der Waals surface area contributed by atoms with Crippen molar-refractivity contribution in [2.45, 2.75) is 44.7 Å². The van der Waals surface area contributed by atoms with Crippen molar-refractivity contribution in [3.8, 4) is 0 Å². The van der Waals surface area contributed by atoms with Crippen LogP contribution in [0.25, 0.3) is 0 Å². The van der Waals surface area contributed by atoms with Gasteiger partial charge in [0.05, 0.1) is 18.3 Å². The second-order valence-corrected chi connectivity index (χ2v) is 8.64. The van der Waals surface area contributed by atoms with Crippen molar-refractivity contribution in [1.82, 2.24) is 20.2 Å². The maximum atomic E-state index is 12.7. The number of benzene rings is 1. The fourth-order valence-electron chi connectivity index (χ4n) is 3.93. The van der Waals surface area contributed by atoms with Crippen LogP contribution in [0, 0.1) is 0 Å². The lowest BCUT2D eigenvalue weighted by atomic mass is 10.0. The molecule has 0 radical (unpaired) electrons. The molecule has 1 aliphatic rings. The number of nitrogens with zero attached hydrogens (tertiary/aromatic N) is 3. The summed E-state index contributed by atoms with van der Waals surface area (Å²) in [7, 11) is 0. The van der Waals surface area contributed by atoms with Gasteiger partial charge in [-0.05, 0) is 36.1 Å². The van der Waals surface area contributed by atoms with E-state index in [2.05, 4.69) is 27.4 Å². The molecule has 0 saturated carbocycles. The van der Waals surface area contributed by atoms with Gasteiger partial charge in [0.2, 0.25) is 11.8 Å². The molecule has 3 heterocycles. The van der Waals surface area contributed by atoms with Crippen LogP contribution >= 0.6 is 11.3 Å². The molecule has 1 N–H and O–H groups in total. The summed E-state index contributed by atoms with van der Waals surface area (Å²) in [4.78, 5) is 35.5. The Balaban J connectivity index is 1.22. The molecule has 7 heteroatoms. The van der Waals surface area contributed by atoms with Gasteiger partial charge in [0.15, 0.2) is 0 Å². The maximum Gasteiger partial charge on any atom is 0.223 e. The molecule has 1 aromatic carbocycles. The minimum atomic E-state index is -0.116. The van der Waals surface area contributed by atoms with E-state index >= 15 is 0 Å². The van der Waals surface area contributed by atoms with Crippen molar-refractivity contribution in [1.29, 1.82) is 0 Å². The van der Waals surface area contributed by atoms with Gasteiger partial charge in [0, 0.05) is 43.6 Å². The average molecular weight is 435 g/mol. The monoisotopic (exact) mass is 434 g/mol. The van der Waals surface area contributed by atoms with E-state index in [1.54, 1.807) is 12.4 Å².